The van der Waals surface area contributed by atoms with Gasteiger partial charge >= 0.3 is 11.9 Å². The third-order valence-corrected chi connectivity index (χ3v) is 4.43. The molecule has 8 nitrogen and oxygen atoms in total. The Morgan fingerprint density at radius 2 is 1.76 bits per heavy atom. The van der Waals surface area contributed by atoms with Gasteiger partial charge in [-0.3, -0.25) is 4.79 Å². The first-order valence-electron chi connectivity index (χ1n) is 9.08. The number of hydrogen-bond donors (Lipinski definition) is 1. The minimum absolute atomic E-state index is 0.201. The molecule has 0 amide bonds. The van der Waals surface area contributed by atoms with Crippen molar-refractivity contribution in [3.05, 3.63) is 46.3 Å². The quantitative estimate of drug-likeness (QED) is 0.533. The molecule has 1 aromatic carbocycles. The molecule has 0 saturated carbocycles. The topological polar surface area (TPSA) is 104 Å². The Hall–Kier alpha value is -3.29. The van der Waals surface area contributed by atoms with E-state index in [2.05, 4.69) is 4.98 Å². The van der Waals surface area contributed by atoms with Gasteiger partial charge in [0.25, 0.3) is 0 Å². The van der Waals surface area contributed by atoms with E-state index in [1.54, 1.807) is 19.9 Å². The summed E-state index contributed by atoms with van der Waals surface area (Å²) in [6.07, 6.45) is -1.07. The first kappa shape index (κ1) is 22.0. The fourth-order valence-corrected chi connectivity index (χ4v) is 2.96. The predicted octanol–water partition coefficient (Wildman–Crippen LogP) is 3.25. The molecule has 1 N–H and O–H groups in total. The molecule has 1 atom stereocenters. The summed E-state index contributed by atoms with van der Waals surface area (Å²) in [5.41, 5.74) is 1.68. The number of methoxy groups -OCH3 is 2. The van der Waals surface area contributed by atoms with Crippen molar-refractivity contribution in [1.29, 1.82) is 0 Å². The number of rotatable bonds is 8. The van der Waals surface area contributed by atoms with E-state index in [9.17, 15) is 14.4 Å². The highest BCUT2D eigenvalue weighted by Crippen LogP contribution is 2.28. The fourth-order valence-electron chi connectivity index (χ4n) is 2.96. The normalized spacial score (nSPS) is 11.5. The van der Waals surface area contributed by atoms with E-state index in [1.807, 2.05) is 6.92 Å². The molecule has 1 heterocycles. The average molecular weight is 403 g/mol. The molecule has 8 heteroatoms. The highest BCUT2D eigenvalue weighted by atomic mass is 16.5. The van der Waals surface area contributed by atoms with Gasteiger partial charge in [-0.25, -0.2) is 9.59 Å². The summed E-state index contributed by atoms with van der Waals surface area (Å²) in [5, 5.41) is 0. The van der Waals surface area contributed by atoms with Gasteiger partial charge in [-0.15, -0.1) is 0 Å². The van der Waals surface area contributed by atoms with Crippen molar-refractivity contribution in [2.75, 3.05) is 20.8 Å². The molecule has 29 heavy (non-hydrogen) atoms. The van der Waals surface area contributed by atoms with Crippen LogP contribution >= 0.6 is 0 Å². The third-order valence-electron chi connectivity index (χ3n) is 4.43. The number of carbonyl (C=O) groups excluding carboxylic acids is 3. The number of nitrogens with one attached hydrogen (secondary N) is 1. The van der Waals surface area contributed by atoms with Gasteiger partial charge in [0.2, 0.25) is 5.78 Å². The summed E-state index contributed by atoms with van der Waals surface area (Å²) in [4.78, 5) is 40.0. The number of hydrogen-bond acceptors (Lipinski definition) is 7. The summed E-state index contributed by atoms with van der Waals surface area (Å²) < 4.78 is 20.7. The van der Waals surface area contributed by atoms with Crippen molar-refractivity contribution in [2.45, 2.75) is 33.8 Å². The Balaban J connectivity index is 2.20. The van der Waals surface area contributed by atoms with Crippen LogP contribution in [0.15, 0.2) is 18.2 Å². The highest BCUT2D eigenvalue weighted by molar-refractivity contribution is 6.04. The van der Waals surface area contributed by atoms with Crippen LogP contribution < -0.4 is 9.47 Å². The largest absolute Gasteiger partial charge is 0.493 e. The van der Waals surface area contributed by atoms with Crippen LogP contribution in [0.5, 0.6) is 11.5 Å². The summed E-state index contributed by atoms with van der Waals surface area (Å²) in [5.74, 6) is -0.780. The predicted molar refractivity (Wildman–Crippen MR) is 105 cm³/mol. The van der Waals surface area contributed by atoms with E-state index in [0.717, 1.165) is 0 Å². The summed E-state index contributed by atoms with van der Waals surface area (Å²) in [6, 6.07) is 4.63. The Labute approximate surface area is 169 Å². The van der Waals surface area contributed by atoms with Gasteiger partial charge in [-0.1, -0.05) is 0 Å². The molecular formula is C21H25NO7. The lowest BCUT2D eigenvalue weighted by molar-refractivity contribution is 0.0316. The van der Waals surface area contributed by atoms with Gasteiger partial charge in [0.15, 0.2) is 17.6 Å². The highest BCUT2D eigenvalue weighted by Gasteiger charge is 2.27. The second-order valence-corrected chi connectivity index (χ2v) is 6.33. The number of carbonyl (C=O) groups is 3. The lowest BCUT2D eigenvalue weighted by Gasteiger charge is -2.14. The molecule has 0 spiro atoms. The number of ether oxygens (including phenoxy) is 4. The number of aromatic nitrogens is 1. The molecule has 2 rings (SSSR count). The zero-order chi connectivity index (χ0) is 21.7. The molecule has 0 radical (unpaired) electrons. The molecule has 0 saturated heterocycles. The maximum Gasteiger partial charge on any atom is 0.339 e. The minimum Gasteiger partial charge on any atom is -0.493 e. The van der Waals surface area contributed by atoms with Crippen molar-refractivity contribution in [2.24, 2.45) is 0 Å². The SMILES string of the molecule is CCOc1ccc(C(=O)O[C@@H](C)C(=O)c2[nH]c(C)c(C(=O)OC)c2C)cc1OC. The first-order chi connectivity index (χ1) is 13.7. The van der Waals surface area contributed by atoms with Gasteiger partial charge in [0.1, 0.15) is 0 Å². The van der Waals surface area contributed by atoms with Gasteiger partial charge in [0.05, 0.1) is 37.6 Å². The molecule has 2 aromatic rings. The number of aromatic amines is 1. The van der Waals surface area contributed by atoms with E-state index in [0.29, 0.717) is 34.9 Å². The van der Waals surface area contributed by atoms with Crippen molar-refractivity contribution >= 4 is 17.7 Å². The number of Topliss-reactive ketones (excluding diaryl/α,β-unsaturated/α-hetero) is 1. The van der Waals surface area contributed by atoms with Crippen LogP contribution in [0.2, 0.25) is 0 Å². The Morgan fingerprint density at radius 3 is 2.34 bits per heavy atom. The summed E-state index contributed by atoms with van der Waals surface area (Å²) in [6.45, 7) is 7.06. The Bertz CT molecular complexity index is 929. The number of aryl methyl sites for hydroxylation is 1. The second kappa shape index (κ2) is 9.27. The van der Waals surface area contributed by atoms with Gasteiger partial charge in [-0.05, 0) is 51.5 Å². The van der Waals surface area contributed by atoms with E-state index in [-0.39, 0.29) is 11.3 Å². The standard InChI is InChI=1S/C21H25NO7/c1-7-28-15-9-8-14(10-16(15)26-5)20(24)29-13(4)19(23)18-11(2)17(12(3)22-18)21(25)27-6/h8-10,13,22H,7H2,1-6H3/t13-/m0/s1. The van der Waals surface area contributed by atoms with Crippen LogP contribution in [0, 0.1) is 13.8 Å². The van der Waals surface area contributed by atoms with Crippen LogP contribution in [0.3, 0.4) is 0 Å². The zero-order valence-electron chi connectivity index (χ0n) is 17.4. The monoisotopic (exact) mass is 403 g/mol. The zero-order valence-corrected chi connectivity index (χ0v) is 17.4. The lowest BCUT2D eigenvalue weighted by atomic mass is 10.1. The maximum absolute atomic E-state index is 12.8. The van der Waals surface area contributed by atoms with Gasteiger partial charge < -0.3 is 23.9 Å². The molecule has 0 unspecified atom stereocenters. The fraction of sp³-hybridized carbons (Fsp3) is 0.381. The van der Waals surface area contributed by atoms with Crippen LogP contribution in [0.1, 0.15) is 56.3 Å². The average Bonchev–Trinajstić information content (AvgIpc) is 3.01. The van der Waals surface area contributed by atoms with Gasteiger partial charge in [0, 0.05) is 5.69 Å². The van der Waals surface area contributed by atoms with Crippen molar-refractivity contribution in [3.63, 3.8) is 0 Å². The Kier molecular flexibility index (Phi) is 7.03. The minimum atomic E-state index is -1.07. The van der Waals surface area contributed by atoms with E-state index in [1.165, 1.54) is 33.3 Å². The molecular weight excluding hydrogens is 378 g/mol. The number of benzene rings is 1. The molecule has 1 aromatic heterocycles. The van der Waals surface area contributed by atoms with Crippen molar-refractivity contribution < 1.29 is 33.3 Å². The lowest BCUT2D eigenvalue weighted by Crippen LogP contribution is -2.25. The van der Waals surface area contributed by atoms with E-state index in [4.69, 9.17) is 18.9 Å². The molecule has 156 valence electrons. The Morgan fingerprint density at radius 1 is 1.07 bits per heavy atom. The van der Waals surface area contributed by atoms with Gasteiger partial charge in [-0.2, -0.15) is 0 Å². The number of ketones is 1. The molecule has 0 aliphatic rings. The second-order valence-electron chi connectivity index (χ2n) is 6.33. The molecule has 0 aliphatic carbocycles. The first-order valence-corrected chi connectivity index (χ1v) is 9.08. The molecule has 0 aliphatic heterocycles. The number of H-pyrrole nitrogens is 1. The summed E-state index contributed by atoms with van der Waals surface area (Å²) in [7, 11) is 2.74. The maximum atomic E-state index is 12.8. The van der Waals surface area contributed by atoms with Crippen LogP contribution in [-0.4, -0.2) is 49.6 Å². The van der Waals surface area contributed by atoms with Crippen molar-refractivity contribution in [3.8, 4) is 11.5 Å². The van der Waals surface area contributed by atoms with Crippen LogP contribution in [0.4, 0.5) is 0 Å². The van der Waals surface area contributed by atoms with Crippen LogP contribution in [0.25, 0.3) is 0 Å². The molecule has 0 fully saturated rings. The van der Waals surface area contributed by atoms with Crippen LogP contribution in [-0.2, 0) is 9.47 Å². The number of esters is 2. The third kappa shape index (κ3) is 4.59. The van der Waals surface area contributed by atoms with E-state index >= 15 is 0 Å². The molecule has 0 bridgehead atoms. The van der Waals surface area contributed by atoms with Crippen molar-refractivity contribution in [1.82, 2.24) is 4.98 Å². The summed E-state index contributed by atoms with van der Waals surface area (Å²) >= 11 is 0. The smallest absolute Gasteiger partial charge is 0.339 e. The van der Waals surface area contributed by atoms with E-state index < -0.39 is 23.8 Å².